The third kappa shape index (κ3) is 7.06. The second-order valence-corrected chi connectivity index (χ2v) is 8.90. The van der Waals surface area contributed by atoms with Crippen LogP contribution in [0.25, 0.3) is 11.1 Å². The summed E-state index contributed by atoms with van der Waals surface area (Å²) >= 11 is 0. The zero-order valence-electron chi connectivity index (χ0n) is 21.0. The fraction of sp³-hybridized carbons (Fsp3) is 0.480. The number of carbonyl (C=O) groups excluding carboxylic acids is 1. The van der Waals surface area contributed by atoms with Crippen LogP contribution >= 0.6 is 0 Å². The molecule has 3 rings (SSSR count). The molecule has 0 aliphatic heterocycles. The monoisotopic (exact) mass is 551 g/mol. The smallest absolute Gasteiger partial charge is 0.270 e. The Morgan fingerprint density at radius 2 is 1.74 bits per heavy atom. The lowest BCUT2D eigenvalue weighted by molar-refractivity contribution is -0.384. The number of nitro groups is 1. The molecule has 214 valence electrons. The van der Waals surface area contributed by atoms with Crippen LogP contribution in [-0.2, 0) is 9.47 Å². The molecule has 14 heteroatoms. The predicted molar refractivity (Wildman–Crippen MR) is 136 cm³/mol. The van der Waals surface area contributed by atoms with Gasteiger partial charge in [0.1, 0.15) is 11.9 Å². The molecule has 0 spiro atoms. The second-order valence-electron chi connectivity index (χ2n) is 8.90. The molecule has 1 aliphatic rings. The maximum atomic E-state index is 12.6. The number of nitro benzene ring substituents is 1. The summed E-state index contributed by atoms with van der Waals surface area (Å²) in [6.07, 6.45) is -5.11. The zero-order chi connectivity index (χ0) is 28.6. The third-order valence-corrected chi connectivity index (χ3v) is 6.39. The van der Waals surface area contributed by atoms with Crippen molar-refractivity contribution in [1.29, 1.82) is 0 Å². The molecule has 5 atom stereocenters. The van der Waals surface area contributed by atoms with Crippen molar-refractivity contribution in [2.75, 3.05) is 46.1 Å². The van der Waals surface area contributed by atoms with Gasteiger partial charge in [-0.1, -0.05) is 12.1 Å². The van der Waals surface area contributed by atoms with Gasteiger partial charge in [-0.25, -0.2) is 0 Å². The second kappa shape index (κ2) is 13.7. The molecule has 2 aromatic carbocycles. The number of aliphatic hydroxyl groups excluding tert-OH is 4. The van der Waals surface area contributed by atoms with Gasteiger partial charge in [-0.3, -0.25) is 14.9 Å². The Hall–Kier alpha value is -3.21. The lowest BCUT2D eigenvalue weighted by Crippen LogP contribution is -2.76. The van der Waals surface area contributed by atoms with Crippen LogP contribution in [0, 0.1) is 16.0 Å². The van der Waals surface area contributed by atoms with Gasteiger partial charge in [0, 0.05) is 36.7 Å². The highest BCUT2D eigenvalue weighted by Gasteiger charge is 2.65. The Labute approximate surface area is 223 Å². The molecular weight excluding hydrogens is 518 g/mol. The minimum atomic E-state index is -2.28. The number of amides is 1. The summed E-state index contributed by atoms with van der Waals surface area (Å²) in [4.78, 5) is 23.5. The van der Waals surface area contributed by atoms with Crippen LogP contribution in [0.3, 0.4) is 0 Å². The van der Waals surface area contributed by atoms with Crippen molar-refractivity contribution >= 4 is 11.6 Å². The van der Waals surface area contributed by atoms with Gasteiger partial charge < -0.3 is 50.8 Å². The summed E-state index contributed by atoms with van der Waals surface area (Å²) in [6, 6.07) is 9.79. The van der Waals surface area contributed by atoms with Gasteiger partial charge in [-0.05, 0) is 29.3 Å². The molecule has 2 aromatic rings. The van der Waals surface area contributed by atoms with Crippen LogP contribution in [0.1, 0.15) is 10.4 Å². The van der Waals surface area contributed by atoms with E-state index in [1.807, 2.05) is 0 Å². The quantitative estimate of drug-likeness (QED) is 0.0597. The number of aliphatic hydroxyl groups is 5. The topological polar surface area (TPSA) is 227 Å². The number of ether oxygens (including phenoxy) is 3. The summed E-state index contributed by atoms with van der Waals surface area (Å²) in [5.41, 5.74) is 3.66. The number of carbonyl (C=O) groups is 1. The normalized spacial score (nSPS) is 23.1. The van der Waals surface area contributed by atoms with E-state index in [4.69, 9.17) is 19.9 Å². The third-order valence-electron chi connectivity index (χ3n) is 6.39. The Kier molecular flexibility index (Phi) is 10.7. The van der Waals surface area contributed by atoms with Crippen molar-refractivity contribution < 1.29 is 49.5 Å². The van der Waals surface area contributed by atoms with Crippen LogP contribution in [0.2, 0.25) is 0 Å². The van der Waals surface area contributed by atoms with Crippen molar-refractivity contribution in [3.05, 3.63) is 58.1 Å². The van der Waals surface area contributed by atoms with E-state index in [0.29, 0.717) is 37.5 Å². The standard InChI is InChI=1S/C25H33N3O11/c26-5-7-37-9-10-38-8-6-27-23(32)17-11-16(12-18(13-17)28(35)36)15-1-3-19(4-2-15)39-24(33)25(34)20(14-29)21(30)22(25)31/h1-4,11-13,20-22,24,29-31,33-34H,5-10,14,26H2,(H,27,32). The van der Waals surface area contributed by atoms with Crippen molar-refractivity contribution in [1.82, 2.24) is 5.32 Å². The fourth-order valence-electron chi connectivity index (χ4n) is 4.16. The molecule has 39 heavy (non-hydrogen) atoms. The van der Waals surface area contributed by atoms with Crippen LogP contribution in [0.4, 0.5) is 5.69 Å². The fourth-order valence-corrected chi connectivity index (χ4v) is 4.16. The first kappa shape index (κ1) is 30.3. The van der Waals surface area contributed by atoms with E-state index in [9.17, 15) is 40.4 Å². The summed E-state index contributed by atoms with van der Waals surface area (Å²) in [7, 11) is 0. The van der Waals surface area contributed by atoms with Crippen molar-refractivity contribution in [3.63, 3.8) is 0 Å². The number of nitrogens with one attached hydrogen (secondary N) is 1. The number of hydrogen-bond donors (Lipinski definition) is 7. The summed E-state index contributed by atoms with van der Waals surface area (Å²) in [6.45, 7) is 1.25. The number of hydrogen-bond acceptors (Lipinski definition) is 12. The van der Waals surface area contributed by atoms with Gasteiger partial charge in [0.25, 0.3) is 11.6 Å². The van der Waals surface area contributed by atoms with E-state index >= 15 is 0 Å². The molecule has 14 nitrogen and oxygen atoms in total. The zero-order valence-corrected chi connectivity index (χ0v) is 21.0. The molecule has 0 saturated heterocycles. The molecule has 0 aromatic heterocycles. The summed E-state index contributed by atoms with van der Waals surface area (Å²) in [5, 5.41) is 63.8. The van der Waals surface area contributed by atoms with Crippen molar-refractivity contribution in [3.8, 4) is 16.9 Å². The number of rotatable bonds is 15. The van der Waals surface area contributed by atoms with Crippen molar-refractivity contribution in [2.24, 2.45) is 11.7 Å². The van der Waals surface area contributed by atoms with E-state index < -0.39 is 47.5 Å². The maximum absolute atomic E-state index is 12.6. The predicted octanol–water partition coefficient (Wildman–Crippen LogP) is -1.24. The number of nitrogens with zero attached hydrogens (tertiary/aromatic N) is 1. The van der Waals surface area contributed by atoms with E-state index in [1.165, 1.54) is 36.4 Å². The first-order valence-electron chi connectivity index (χ1n) is 12.2. The highest BCUT2D eigenvalue weighted by atomic mass is 16.6. The number of nitrogens with two attached hydrogens (primary N) is 1. The maximum Gasteiger partial charge on any atom is 0.270 e. The lowest BCUT2D eigenvalue weighted by Gasteiger charge is -2.53. The Balaban J connectivity index is 1.65. The SMILES string of the molecule is NCCOCCOCCNC(=O)c1cc(-c2ccc(OC(O)C3(O)C(O)C(O)C3CO)cc2)cc([N+](=O)[O-])c1. The van der Waals surface area contributed by atoms with Gasteiger partial charge in [0.15, 0.2) is 5.60 Å². The molecule has 0 heterocycles. The molecule has 1 amide bonds. The Bertz CT molecular complexity index is 1120. The largest absolute Gasteiger partial charge is 0.462 e. The average molecular weight is 552 g/mol. The molecule has 0 radical (unpaired) electrons. The molecule has 0 bridgehead atoms. The van der Waals surface area contributed by atoms with Gasteiger partial charge in [0.2, 0.25) is 6.29 Å². The lowest BCUT2D eigenvalue weighted by atomic mass is 9.64. The highest BCUT2D eigenvalue weighted by Crippen LogP contribution is 2.42. The first-order valence-corrected chi connectivity index (χ1v) is 12.2. The van der Waals surface area contributed by atoms with Crippen LogP contribution in [0.15, 0.2) is 42.5 Å². The minimum Gasteiger partial charge on any atom is -0.462 e. The molecule has 5 unspecified atom stereocenters. The average Bonchev–Trinajstić information content (AvgIpc) is 2.94. The van der Waals surface area contributed by atoms with E-state index in [1.54, 1.807) is 0 Å². The van der Waals surface area contributed by atoms with Gasteiger partial charge in [-0.15, -0.1) is 0 Å². The highest BCUT2D eigenvalue weighted by molar-refractivity contribution is 5.96. The Morgan fingerprint density at radius 3 is 2.36 bits per heavy atom. The van der Waals surface area contributed by atoms with Gasteiger partial charge >= 0.3 is 0 Å². The molecule has 1 saturated carbocycles. The van der Waals surface area contributed by atoms with E-state index in [2.05, 4.69) is 5.32 Å². The Morgan fingerprint density at radius 1 is 1.08 bits per heavy atom. The molecule has 1 fully saturated rings. The van der Waals surface area contributed by atoms with Crippen molar-refractivity contribution in [2.45, 2.75) is 24.1 Å². The molecular formula is C25H33N3O11. The number of benzene rings is 2. The summed E-state index contributed by atoms with van der Waals surface area (Å²) in [5.74, 6) is -1.67. The van der Waals surface area contributed by atoms with Gasteiger partial charge in [0.05, 0.1) is 44.1 Å². The minimum absolute atomic E-state index is 0.0658. The van der Waals surface area contributed by atoms with E-state index in [0.717, 1.165) is 6.07 Å². The number of non-ortho nitro benzene ring substituents is 1. The first-order chi connectivity index (χ1) is 18.6. The summed E-state index contributed by atoms with van der Waals surface area (Å²) < 4.78 is 15.8. The van der Waals surface area contributed by atoms with Gasteiger partial charge in [-0.2, -0.15) is 0 Å². The van der Waals surface area contributed by atoms with Crippen LogP contribution in [-0.4, -0.2) is 107 Å². The molecule has 8 N–H and O–H groups in total. The van der Waals surface area contributed by atoms with Crippen LogP contribution < -0.4 is 15.8 Å². The molecule has 1 aliphatic carbocycles. The van der Waals surface area contributed by atoms with E-state index in [-0.39, 0.29) is 30.2 Å². The van der Waals surface area contributed by atoms with Crippen LogP contribution in [0.5, 0.6) is 5.75 Å².